The van der Waals surface area contributed by atoms with Gasteiger partial charge in [-0.25, -0.2) is 0 Å². The van der Waals surface area contributed by atoms with E-state index in [0.717, 1.165) is 32.5 Å². The largest absolute Gasteiger partial charge is 0.294 e. The first-order valence-corrected chi connectivity index (χ1v) is 15.3. The van der Waals surface area contributed by atoms with Crippen LogP contribution in [0.2, 0.25) is 0 Å². The predicted octanol–water partition coefficient (Wildman–Crippen LogP) is 7.32. The van der Waals surface area contributed by atoms with Crippen LogP contribution in [-0.2, 0) is 11.0 Å². The average molecular weight is 586 g/mol. The molecule has 5 nitrogen and oxygen atoms in total. The summed E-state index contributed by atoms with van der Waals surface area (Å²) in [6.45, 7) is 1.62. The third-order valence-electron chi connectivity index (χ3n) is 10.8. The van der Waals surface area contributed by atoms with E-state index in [1.54, 1.807) is 6.07 Å². The summed E-state index contributed by atoms with van der Waals surface area (Å²) in [6.07, 6.45) is 0. The van der Waals surface area contributed by atoms with E-state index in [2.05, 4.69) is 0 Å². The molecule has 0 bridgehead atoms. The number of Topliss-reactive ketones (excluding diaryl/α,β-unsaturated/α-hetero) is 4. The summed E-state index contributed by atoms with van der Waals surface area (Å²) >= 11 is 0. The molecule has 2 aliphatic carbocycles. The number of ketones is 4. The number of likely N-dealkylation sites (N-methyl/N-ethyl adjacent to an activating group) is 1. The van der Waals surface area contributed by atoms with Gasteiger partial charge in [-0.2, -0.15) is 0 Å². The van der Waals surface area contributed by atoms with Crippen molar-refractivity contribution >= 4 is 55.5 Å². The quantitative estimate of drug-likeness (QED) is 0.204. The van der Waals surface area contributed by atoms with Crippen LogP contribution in [0.1, 0.15) is 59.5 Å². The minimum Gasteiger partial charge on any atom is -0.294 e. The Hall–Kier alpha value is -5.26. The lowest BCUT2D eigenvalue weighted by Crippen LogP contribution is -2.60. The molecule has 2 spiro atoms. The number of carbonyl (C=O) groups excluding carboxylic acids is 4. The van der Waals surface area contributed by atoms with E-state index >= 15 is 14.4 Å². The summed E-state index contributed by atoms with van der Waals surface area (Å²) in [7, 11) is 1.86. The molecule has 45 heavy (non-hydrogen) atoms. The molecule has 0 amide bonds. The second kappa shape index (κ2) is 8.68. The van der Waals surface area contributed by atoms with Gasteiger partial charge in [0.25, 0.3) is 0 Å². The van der Waals surface area contributed by atoms with Crippen molar-refractivity contribution < 1.29 is 19.2 Å². The van der Waals surface area contributed by atoms with E-state index in [1.165, 1.54) is 6.92 Å². The highest BCUT2D eigenvalue weighted by Crippen LogP contribution is 2.66. The molecule has 1 heterocycles. The fourth-order valence-electron chi connectivity index (χ4n) is 9.20. The van der Waals surface area contributed by atoms with Gasteiger partial charge in [-0.05, 0) is 57.4 Å². The number of fused-ring (bicyclic) bond motifs is 4. The van der Waals surface area contributed by atoms with Crippen molar-refractivity contribution in [2.75, 3.05) is 13.6 Å². The normalized spacial score (nSPS) is 23.4. The Kier molecular flexibility index (Phi) is 5.05. The Morgan fingerprint density at radius 1 is 0.667 bits per heavy atom. The van der Waals surface area contributed by atoms with Crippen LogP contribution in [0.15, 0.2) is 109 Å². The van der Waals surface area contributed by atoms with Crippen molar-refractivity contribution in [2.24, 2.45) is 5.92 Å². The van der Waals surface area contributed by atoms with Crippen LogP contribution in [0, 0.1) is 5.92 Å². The Morgan fingerprint density at radius 3 is 1.93 bits per heavy atom. The molecule has 5 heteroatoms. The van der Waals surface area contributed by atoms with Crippen molar-refractivity contribution in [3.63, 3.8) is 0 Å². The van der Waals surface area contributed by atoms with E-state index in [-0.39, 0.29) is 29.7 Å². The van der Waals surface area contributed by atoms with Gasteiger partial charge in [-0.1, -0.05) is 109 Å². The molecule has 0 N–H and O–H groups in total. The first kappa shape index (κ1) is 26.2. The summed E-state index contributed by atoms with van der Waals surface area (Å²) in [4.78, 5) is 61.2. The molecular formula is C40H27NO4. The number of benzene rings is 6. The smallest absolute Gasteiger partial charge is 0.189 e. The molecule has 0 radical (unpaired) electrons. The number of hydrogen-bond acceptors (Lipinski definition) is 5. The van der Waals surface area contributed by atoms with E-state index in [0.29, 0.717) is 33.2 Å². The summed E-state index contributed by atoms with van der Waals surface area (Å²) in [5, 5.41) is 4.92. The second-order valence-corrected chi connectivity index (χ2v) is 12.7. The molecule has 3 aliphatic rings. The van der Waals surface area contributed by atoms with Gasteiger partial charge in [0.05, 0.1) is 5.92 Å². The van der Waals surface area contributed by atoms with Gasteiger partial charge in [0.1, 0.15) is 11.0 Å². The fraction of sp³-hybridized carbons (Fsp3) is 0.150. The van der Waals surface area contributed by atoms with Crippen molar-refractivity contribution in [3.05, 3.63) is 143 Å². The van der Waals surface area contributed by atoms with Crippen LogP contribution < -0.4 is 0 Å². The molecule has 0 aromatic heterocycles. The Morgan fingerprint density at radius 2 is 1.24 bits per heavy atom. The van der Waals surface area contributed by atoms with E-state index in [4.69, 9.17) is 0 Å². The third-order valence-corrected chi connectivity index (χ3v) is 10.8. The molecule has 6 aromatic carbocycles. The third kappa shape index (κ3) is 2.84. The van der Waals surface area contributed by atoms with Crippen LogP contribution in [0.3, 0.4) is 0 Å². The highest BCUT2D eigenvalue weighted by atomic mass is 16.2. The maximum Gasteiger partial charge on any atom is 0.189 e. The molecule has 0 saturated carbocycles. The average Bonchev–Trinajstić information content (AvgIpc) is 3.60. The van der Waals surface area contributed by atoms with Gasteiger partial charge in [0.2, 0.25) is 0 Å². The van der Waals surface area contributed by atoms with E-state index < -0.39 is 16.9 Å². The van der Waals surface area contributed by atoms with Crippen LogP contribution in [0.4, 0.5) is 0 Å². The lowest BCUT2D eigenvalue weighted by Gasteiger charge is -2.45. The molecule has 9 rings (SSSR count). The molecule has 1 fully saturated rings. The van der Waals surface area contributed by atoms with Crippen molar-refractivity contribution in [1.82, 2.24) is 4.90 Å². The zero-order chi connectivity index (χ0) is 30.8. The maximum atomic E-state index is 15.5. The summed E-state index contributed by atoms with van der Waals surface area (Å²) in [5.74, 6) is -1.87. The number of nitrogens with zero attached hydrogens (tertiary/aromatic N) is 1. The van der Waals surface area contributed by atoms with Crippen molar-refractivity contribution in [2.45, 2.75) is 17.9 Å². The lowest BCUT2D eigenvalue weighted by atomic mass is 9.56. The molecule has 1 aliphatic heterocycles. The van der Waals surface area contributed by atoms with Crippen LogP contribution in [-0.4, -0.2) is 41.6 Å². The molecule has 6 aromatic rings. The SMILES string of the molecule is CC(=O)c1ccc2ccccc2c1C(=O)[C@@H]1CN(C)[C@@]2(C(=O)c3cccc4cccc2c34)[C@@]12C(=O)c1cccc3cccc2c13. The number of likely N-dealkylation sites (tertiary alicyclic amines) is 1. The van der Waals surface area contributed by atoms with Crippen LogP contribution in [0.5, 0.6) is 0 Å². The monoisotopic (exact) mass is 585 g/mol. The minimum absolute atomic E-state index is 0.158. The first-order valence-electron chi connectivity index (χ1n) is 15.3. The van der Waals surface area contributed by atoms with Gasteiger partial charge >= 0.3 is 0 Å². The first-order chi connectivity index (χ1) is 21.8. The Labute approximate surface area is 259 Å². The number of hydrogen-bond donors (Lipinski definition) is 0. The number of rotatable bonds is 3. The lowest BCUT2D eigenvalue weighted by molar-refractivity contribution is 0.0483. The molecule has 1 saturated heterocycles. The van der Waals surface area contributed by atoms with E-state index in [1.807, 2.05) is 115 Å². The Bertz CT molecular complexity index is 2380. The number of carbonyl (C=O) groups is 4. The Balaban J connectivity index is 1.43. The maximum absolute atomic E-state index is 15.5. The van der Waals surface area contributed by atoms with E-state index in [9.17, 15) is 4.79 Å². The zero-order valence-corrected chi connectivity index (χ0v) is 24.8. The van der Waals surface area contributed by atoms with Crippen molar-refractivity contribution in [1.29, 1.82) is 0 Å². The van der Waals surface area contributed by atoms with Crippen LogP contribution in [0.25, 0.3) is 32.3 Å². The highest BCUT2D eigenvalue weighted by molar-refractivity contribution is 6.31. The van der Waals surface area contributed by atoms with Gasteiger partial charge in [0.15, 0.2) is 23.1 Å². The molecule has 0 unspecified atom stereocenters. The summed E-state index contributed by atoms with van der Waals surface area (Å²) < 4.78 is 0. The van der Waals surface area contributed by atoms with Crippen LogP contribution >= 0.6 is 0 Å². The molecule has 3 atom stereocenters. The predicted molar refractivity (Wildman–Crippen MR) is 174 cm³/mol. The zero-order valence-electron chi connectivity index (χ0n) is 24.8. The van der Waals surface area contributed by atoms with Crippen molar-refractivity contribution in [3.8, 4) is 0 Å². The van der Waals surface area contributed by atoms with Gasteiger partial charge in [-0.15, -0.1) is 0 Å². The summed E-state index contributed by atoms with van der Waals surface area (Å²) in [6, 6.07) is 34.2. The van der Waals surface area contributed by atoms with Gasteiger partial charge in [-0.3, -0.25) is 24.1 Å². The summed E-state index contributed by atoms with van der Waals surface area (Å²) in [5.41, 5.74) is 0.130. The second-order valence-electron chi connectivity index (χ2n) is 12.7. The topological polar surface area (TPSA) is 71.5 Å². The highest BCUT2D eigenvalue weighted by Gasteiger charge is 2.76. The van der Waals surface area contributed by atoms with Gasteiger partial charge < -0.3 is 0 Å². The minimum atomic E-state index is -1.57. The molecule has 216 valence electrons. The van der Waals surface area contributed by atoms with Gasteiger partial charge in [0, 0.05) is 28.8 Å². The molecular weight excluding hydrogens is 558 g/mol. The standard InChI is InChI=1S/C40H27NO4/c1-22(42)26-20-19-23-9-3-4-14-27(23)35(26)36(43)32-21-41(2)40(31-18-8-13-25-11-6-16-29(34(25)31)38(40)45)39(32)30-17-7-12-24-10-5-15-28(33(24)30)37(39)44/h3-20,32H,21H2,1-2H3/t32-,39+,40-/m0/s1. The fourth-order valence-corrected chi connectivity index (χ4v) is 9.20.